The van der Waals surface area contributed by atoms with Crippen molar-refractivity contribution >= 4 is 0 Å². The fourth-order valence-corrected chi connectivity index (χ4v) is 2.65. The Labute approximate surface area is 134 Å². The number of nitriles is 1. The topological polar surface area (TPSA) is 50.5 Å². The lowest BCUT2D eigenvalue weighted by molar-refractivity contribution is 0.0126. The number of benzene rings is 1. The van der Waals surface area contributed by atoms with Gasteiger partial charge in [0.05, 0.1) is 17.7 Å². The van der Waals surface area contributed by atoms with E-state index in [2.05, 4.69) is 42.7 Å². The van der Waals surface area contributed by atoms with E-state index < -0.39 is 0 Å². The minimum Gasteiger partial charge on any atom is -0.391 e. The van der Waals surface area contributed by atoms with E-state index >= 15 is 0 Å². The molecule has 1 aliphatic heterocycles. The summed E-state index contributed by atoms with van der Waals surface area (Å²) in [6, 6.07) is 10.0. The van der Waals surface area contributed by atoms with Crippen LogP contribution >= 0.6 is 0 Å². The largest absolute Gasteiger partial charge is 0.391 e. The maximum Gasteiger partial charge on any atom is 0.0991 e. The Morgan fingerprint density at radius 3 is 2.41 bits per heavy atom. The van der Waals surface area contributed by atoms with Crippen LogP contribution in [0.5, 0.6) is 0 Å². The fourth-order valence-electron chi connectivity index (χ4n) is 2.65. The zero-order valence-corrected chi connectivity index (χ0v) is 13.9. The molecule has 2 rings (SSSR count). The number of piperazine rings is 1. The Morgan fingerprint density at radius 1 is 1.18 bits per heavy atom. The number of hydrogen-bond donors (Lipinski definition) is 1. The average Bonchev–Trinajstić information content (AvgIpc) is 2.48. The molecule has 0 amide bonds. The third-order valence-electron chi connectivity index (χ3n) is 4.36. The maximum atomic E-state index is 10.2. The summed E-state index contributed by atoms with van der Waals surface area (Å²) in [5.41, 5.74) is 1.86. The molecule has 1 aliphatic rings. The molecule has 0 saturated carbocycles. The highest BCUT2D eigenvalue weighted by Crippen LogP contribution is 2.20. The van der Waals surface area contributed by atoms with Crippen LogP contribution in [0.1, 0.15) is 31.9 Å². The number of β-amino-alcohol motifs (C(OH)–C–C–N with tert-alkyl or cyclic N) is 1. The first-order valence-corrected chi connectivity index (χ1v) is 8.00. The highest BCUT2D eigenvalue weighted by molar-refractivity contribution is 5.32. The van der Waals surface area contributed by atoms with Crippen LogP contribution < -0.4 is 0 Å². The van der Waals surface area contributed by atoms with Gasteiger partial charge in [-0.25, -0.2) is 0 Å². The van der Waals surface area contributed by atoms with Crippen molar-refractivity contribution in [3.05, 3.63) is 35.4 Å². The number of hydrogen-bond acceptors (Lipinski definition) is 4. The van der Waals surface area contributed by atoms with Crippen molar-refractivity contribution in [3.8, 4) is 6.07 Å². The summed E-state index contributed by atoms with van der Waals surface area (Å²) < 4.78 is 0. The second-order valence-electron chi connectivity index (χ2n) is 7.27. The monoisotopic (exact) mass is 301 g/mol. The van der Waals surface area contributed by atoms with Gasteiger partial charge < -0.3 is 5.11 Å². The van der Waals surface area contributed by atoms with Crippen LogP contribution in [0.25, 0.3) is 0 Å². The Balaban J connectivity index is 1.81. The van der Waals surface area contributed by atoms with Crippen LogP contribution in [0.2, 0.25) is 0 Å². The highest BCUT2D eigenvalue weighted by Gasteiger charge is 2.26. The minimum atomic E-state index is -0.286. The molecule has 1 heterocycles. The Bertz CT molecular complexity index is 522. The standard InChI is InChI=1S/C18H27N3O/c1-18(2,3)17(22)14-21-9-7-20(8-10-21)13-16-6-4-5-15(11-16)12-19/h4-6,11,17,22H,7-10,13-14H2,1-3H3/t17-/m1/s1. The molecular weight excluding hydrogens is 274 g/mol. The number of aliphatic hydroxyl groups excluding tert-OH is 1. The molecule has 0 unspecified atom stereocenters. The van der Waals surface area contributed by atoms with Crippen LogP contribution in [0.15, 0.2) is 24.3 Å². The first kappa shape index (κ1) is 17.0. The molecule has 1 saturated heterocycles. The van der Waals surface area contributed by atoms with Gasteiger partial charge in [-0.2, -0.15) is 5.26 Å². The minimum absolute atomic E-state index is 0.0606. The van der Waals surface area contributed by atoms with Gasteiger partial charge in [-0.1, -0.05) is 32.9 Å². The second-order valence-corrected chi connectivity index (χ2v) is 7.27. The van der Waals surface area contributed by atoms with E-state index in [4.69, 9.17) is 5.26 Å². The van der Waals surface area contributed by atoms with Gasteiger partial charge in [0.1, 0.15) is 0 Å². The van der Waals surface area contributed by atoms with Gasteiger partial charge in [0.25, 0.3) is 0 Å². The average molecular weight is 301 g/mol. The quantitative estimate of drug-likeness (QED) is 0.925. The lowest BCUT2D eigenvalue weighted by Gasteiger charge is -2.38. The SMILES string of the molecule is CC(C)(C)[C@H](O)CN1CCN(Cc2cccc(C#N)c2)CC1. The molecule has 1 N–H and O–H groups in total. The van der Waals surface area contributed by atoms with E-state index in [9.17, 15) is 5.11 Å². The van der Waals surface area contributed by atoms with Crippen LogP contribution in [0.3, 0.4) is 0 Å². The molecule has 22 heavy (non-hydrogen) atoms. The summed E-state index contributed by atoms with van der Waals surface area (Å²) in [6.07, 6.45) is -0.286. The number of aliphatic hydroxyl groups is 1. The third kappa shape index (κ3) is 4.81. The summed E-state index contributed by atoms with van der Waals surface area (Å²) in [6.45, 7) is 11.9. The molecule has 0 bridgehead atoms. The zero-order valence-electron chi connectivity index (χ0n) is 13.9. The molecule has 4 nitrogen and oxygen atoms in total. The molecule has 120 valence electrons. The molecular formula is C18H27N3O. The Morgan fingerprint density at radius 2 is 1.82 bits per heavy atom. The summed E-state index contributed by atoms with van der Waals surface area (Å²) in [7, 11) is 0. The van der Waals surface area contributed by atoms with Crippen molar-refractivity contribution < 1.29 is 5.11 Å². The third-order valence-corrected chi connectivity index (χ3v) is 4.36. The van der Waals surface area contributed by atoms with Crippen molar-refractivity contribution in [2.45, 2.75) is 33.4 Å². The van der Waals surface area contributed by atoms with Crippen LogP contribution in [0, 0.1) is 16.7 Å². The van der Waals surface area contributed by atoms with E-state index in [-0.39, 0.29) is 11.5 Å². The normalized spacial score (nSPS) is 18.9. The van der Waals surface area contributed by atoms with Crippen molar-refractivity contribution in [2.24, 2.45) is 5.41 Å². The molecule has 1 atom stereocenters. The van der Waals surface area contributed by atoms with Crippen LogP contribution in [-0.2, 0) is 6.54 Å². The van der Waals surface area contributed by atoms with Crippen molar-refractivity contribution in [2.75, 3.05) is 32.7 Å². The molecule has 1 fully saturated rings. The second kappa shape index (κ2) is 7.23. The van der Waals surface area contributed by atoms with Gasteiger partial charge >= 0.3 is 0 Å². The van der Waals surface area contributed by atoms with E-state index in [0.29, 0.717) is 0 Å². The van der Waals surface area contributed by atoms with Crippen molar-refractivity contribution in [1.82, 2.24) is 9.80 Å². The Hall–Kier alpha value is -1.41. The van der Waals surface area contributed by atoms with Gasteiger partial charge in [-0.3, -0.25) is 9.80 Å². The summed E-state index contributed by atoms with van der Waals surface area (Å²) in [5, 5.41) is 19.2. The molecule has 0 radical (unpaired) electrons. The van der Waals surface area contributed by atoms with Gasteiger partial charge in [-0.15, -0.1) is 0 Å². The molecule has 0 spiro atoms. The fraction of sp³-hybridized carbons (Fsp3) is 0.611. The highest BCUT2D eigenvalue weighted by atomic mass is 16.3. The molecule has 0 aromatic heterocycles. The van der Waals surface area contributed by atoms with Crippen molar-refractivity contribution in [1.29, 1.82) is 5.26 Å². The maximum absolute atomic E-state index is 10.2. The number of nitrogens with zero attached hydrogens (tertiary/aromatic N) is 3. The summed E-state index contributed by atoms with van der Waals surface area (Å²) in [4.78, 5) is 4.76. The summed E-state index contributed by atoms with van der Waals surface area (Å²) >= 11 is 0. The van der Waals surface area contributed by atoms with Gasteiger partial charge in [0.15, 0.2) is 0 Å². The van der Waals surface area contributed by atoms with Gasteiger partial charge in [0.2, 0.25) is 0 Å². The molecule has 1 aromatic rings. The predicted octanol–water partition coefficient (Wildman–Crippen LogP) is 2.08. The lowest BCUT2D eigenvalue weighted by Crippen LogP contribution is -2.49. The van der Waals surface area contributed by atoms with Gasteiger partial charge in [0, 0.05) is 39.3 Å². The van der Waals surface area contributed by atoms with Gasteiger partial charge in [-0.05, 0) is 23.1 Å². The molecule has 4 heteroatoms. The molecule has 1 aromatic carbocycles. The van der Waals surface area contributed by atoms with E-state index in [1.807, 2.05) is 18.2 Å². The van der Waals surface area contributed by atoms with E-state index in [1.54, 1.807) is 0 Å². The first-order valence-electron chi connectivity index (χ1n) is 8.00. The summed E-state index contributed by atoms with van der Waals surface area (Å²) in [5.74, 6) is 0. The van der Waals surface area contributed by atoms with Crippen LogP contribution in [-0.4, -0.2) is 53.7 Å². The van der Waals surface area contributed by atoms with E-state index in [1.165, 1.54) is 5.56 Å². The van der Waals surface area contributed by atoms with E-state index in [0.717, 1.165) is 44.8 Å². The first-order chi connectivity index (χ1) is 10.4. The lowest BCUT2D eigenvalue weighted by atomic mass is 9.89. The molecule has 0 aliphatic carbocycles. The number of rotatable bonds is 4. The van der Waals surface area contributed by atoms with Crippen molar-refractivity contribution in [3.63, 3.8) is 0 Å². The smallest absolute Gasteiger partial charge is 0.0991 e. The van der Waals surface area contributed by atoms with Crippen LogP contribution in [0.4, 0.5) is 0 Å². The zero-order chi connectivity index (χ0) is 16.2. The Kier molecular flexibility index (Phi) is 5.57. The predicted molar refractivity (Wildman–Crippen MR) is 88.3 cm³/mol.